The highest BCUT2D eigenvalue weighted by Crippen LogP contribution is 2.12. The molecule has 0 aliphatic heterocycles. The molecule has 0 aliphatic carbocycles. The number of carbonyl (C=O) groups is 3. The molecular weight excluding hydrogens is 344 g/mol. The van der Waals surface area contributed by atoms with Gasteiger partial charge in [-0.15, -0.1) is 0 Å². The van der Waals surface area contributed by atoms with Crippen LogP contribution in [0.1, 0.15) is 41.0 Å². The van der Waals surface area contributed by atoms with Gasteiger partial charge in [-0.2, -0.15) is 0 Å². The smallest absolute Gasteiger partial charge is 0.408 e. The summed E-state index contributed by atoms with van der Waals surface area (Å²) in [6.45, 7) is 16.0. The lowest BCUT2D eigenvalue weighted by Gasteiger charge is -2.22. The Labute approximate surface area is 161 Å². The summed E-state index contributed by atoms with van der Waals surface area (Å²) < 4.78 is 5.13. The van der Waals surface area contributed by atoms with Gasteiger partial charge in [-0.05, 0) is 47.1 Å². The van der Waals surface area contributed by atoms with Crippen LogP contribution in [-0.4, -0.2) is 34.8 Å². The number of amides is 2. The van der Waals surface area contributed by atoms with E-state index >= 15 is 0 Å². The van der Waals surface area contributed by atoms with Gasteiger partial charge in [0, 0.05) is 18.0 Å². The van der Waals surface area contributed by atoms with Crippen molar-refractivity contribution in [2.75, 3.05) is 0 Å². The second kappa shape index (κ2) is 11.7. The summed E-state index contributed by atoms with van der Waals surface area (Å²) in [5.41, 5.74) is 0.603. The lowest BCUT2D eigenvalue weighted by atomic mass is 10.1. The van der Waals surface area contributed by atoms with E-state index in [4.69, 9.17) is 4.74 Å². The van der Waals surface area contributed by atoms with E-state index in [-0.39, 0.29) is 12.3 Å². The topological polar surface area (TPSA) is 75.7 Å². The van der Waals surface area contributed by atoms with E-state index in [2.05, 4.69) is 18.5 Å². The Morgan fingerprint density at radius 2 is 1.89 bits per heavy atom. The van der Waals surface area contributed by atoms with Crippen molar-refractivity contribution in [3.63, 3.8) is 0 Å². The second-order valence-corrected chi connectivity index (χ2v) is 6.78. The molecule has 0 spiro atoms. The van der Waals surface area contributed by atoms with Crippen LogP contribution in [0.3, 0.4) is 0 Å². The van der Waals surface area contributed by atoms with Crippen LogP contribution in [-0.2, 0) is 14.3 Å². The summed E-state index contributed by atoms with van der Waals surface area (Å²) in [6.07, 6.45) is 9.74. The van der Waals surface area contributed by atoms with Gasteiger partial charge >= 0.3 is 6.09 Å². The van der Waals surface area contributed by atoms with Crippen molar-refractivity contribution < 1.29 is 19.1 Å². The van der Waals surface area contributed by atoms with Crippen molar-refractivity contribution in [1.82, 2.24) is 10.2 Å². The van der Waals surface area contributed by atoms with Gasteiger partial charge < -0.3 is 14.8 Å². The zero-order valence-electron chi connectivity index (χ0n) is 16.8. The van der Waals surface area contributed by atoms with Crippen molar-refractivity contribution in [2.24, 2.45) is 0 Å². The molecule has 6 heteroatoms. The Morgan fingerprint density at radius 1 is 1.26 bits per heavy atom. The quantitative estimate of drug-likeness (QED) is 0.375. The Hall–Kier alpha value is -2.89. The zero-order chi connectivity index (χ0) is 21.0. The minimum Gasteiger partial charge on any atom is -0.444 e. The Morgan fingerprint density at radius 3 is 2.33 bits per heavy atom. The molecule has 0 aromatic carbocycles. The molecule has 1 N–H and O–H groups in total. The number of nitrogens with one attached hydrogen (secondary N) is 1. The average Bonchev–Trinajstić information content (AvgIpc) is 2.55. The first-order valence-electron chi connectivity index (χ1n) is 8.61. The van der Waals surface area contributed by atoms with Gasteiger partial charge in [-0.3, -0.25) is 9.69 Å². The van der Waals surface area contributed by atoms with E-state index in [1.54, 1.807) is 58.9 Å². The van der Waals surface area contributed by atoms with E-state index in [0.717, 1.165) is 0 Å². The molecule has 0 aromatic heterocycles. The van der Waals surface area contributed by atoms with Crippen molar-refractivity contribution in [3.05, 3.63) is 61.0 Å². The van der Waals surface area contributed by atoms with Crippen molar-refractivity contribution in [1.29, 1.82) is 0 Å². The normalized spacial score (nSPS) is 13.7. The van der Waals surface area contributed by atoms with E-state index < -0.39 is 17.7 Å². The molecule has 0 aliphatic rings. The highest BCUT2D eigenvalue weighted by atomic mass is 16.6. The zero-order valence-corrected chi connectivity index (χ0v) is 16.8. The molecule has 0 heterocycles. The predicted molar refractivity (Wildman–Crippen MR) is 108 cm³/mol. The van der Waals surface area contributed by atoms with Crippen LogP contribution in [0.25, 0.3) is 0 Å². The third-order valence-corrected chi connectivity index (χ3v) is 3.18. The largest absolute Gasteiger partial charge is 0.444 e. The molecular formula is C21H30N2O4. The number of ether oxygens (including phenoxy) is 1. The highest BCUT2D eigenvalue weighted by Gasteiger charge is 2.20. The van der Waals surface area contributed by atoms with Crippen LogP contribution >= 0.6 is 0 Å². The molecule has 27 heavy (non-hydrogen) atoms. The number of aldehydes is 1. The molecule has 1 atom stereocenters. The van der Waals surface area contributed by atoms with Gasteiger partial charge in [0.1, 0.15) is 11.9 Å². The lowest BCUT2D eigenvalue weighted by Crippen LogP contribution is -2.40. The lowest BCUT2D eigenvalue weighted by molar-refractivity contribution is -0.122. The Balaban J connectivity index is 5.12. The molecule has 1 unspecified atom stereocenters. The Bertz CT molecular complexity index is 652. The van der Waals surface area contributed by atoms with Crippen molar-refractivity contribution >= 4 is 18.3 Å². The molecule has 0 saturated carbocycles. The summed E-state index contributed by atoms with van der Waals surface area (Å²) in [6, 6.07) is -0.789. The van der Waals surface area contributed by atoms with E-state index in [0.29, 0.717) is 17.6 Å². The third kappa shape index (κ3) is 9.99. The fourth-order valence-electron chi connectivity index (χ4n) is 2.08. The number of hydrogen-bond donors (Lipinski definition) is 1. The van der Waals surface area contributed by atoms with Crippen LogP contribution in [0.5, 0.6) is 0 Å². The van der Waals surface area contributed by atoms with Crippen molar-refractivity contribution in [2.45, 2.75) is 52.7 Å². The summed E-state index contributed by atoms with van der Waals surface area (Å²) in [5, 5.41) is 2.48. The first kappa shape index (κ1) is 24.1. The van der Waals surface area contributed by atoms with E-state index in [9.17, 15) is 14.4 Å². The summed E-state index contributed by atoms with van der Waals surface area (Å²) in [5.74, 6) is -0.314. The van der Waals surface area contributed by atoms with Crippen LogP contribution in [0.15, 0.2) is 61.0 Å². The predicted octanol–water partition coefficient (Wildman–Crippen LogP) is 4.03. The fraction of sp³-hybridized carbons (Fsp3) is 0.381. The number of rotatable bonds is 9. The molecule has 0 rings (SSSR count). The minimum absolute atomic E-state index is 0.188. The monoisotopic (exact) mass is 374 g/mol. The van der Waals surface area contributed by atoms with Gasteiger partial charge in [-0.1, -0.05) is 37.0 Å². The first-order chi connectivity index (χ1) is 12.6. The Kier molecular flexibility index (Phi) is 10.4. The van der Waals surface area contributed by atoms with Gasteiger partial charge in [0.2, 0.25) is 0 Å². The standard InChI is InChI=1S/C21H30N2O4/c1-8-11-12-18(9-2)23(10-3)19(25)14-16(4)13-17(15-24)22-20(26)27-21(5,6)7/h8-12,14-15,17H,1,3,13H2,2,4-7H3,(H,22,26)/b12-11-,16-14+,18-9+. The number of allylic oxidation sites excluding steroid dienone is 4. The first-order valence-corrected chi connectivity index (χ1v) is 8.61. The van der Waals surface area contributed by atoms with E-state index in [1.165, 1.54) is 17.2 Å². The van der Waals surface area contributed by atoms with Gasteiger partial charge in [-0.25, -0.2) is 4.79 Å². The van der Waals surface area contributed by atoms with Gasteiger partial charge in [0.05, 0.1) is 6.04 Å². The maximum atomic E-state index is 12.5. The molecule has 0 bridgehead atoms. The van der Waals surface area contributed by atoms with Crippen molar-refractivity contribution in [3.8, 4) is 0 Å². The second-order valence-electron chi connectivity index (χ2n) is 6.78. The van der Waals surface area contributed by atoms with Crippen LogP contribution in [0.4, 0.5) is 4.79 Å². The number of alkyl carbamates (subject to hydrolysis) is 1. The van der Waals surface area contributed by atoms with Crippen LogP contribution in [0, 0.1) is 0 Å². The maximum absolute atomic E-state index is 12.5. The molecule has 0 radical (unpaired) electrons. The van der Waals surface area contributed by atoms with Crippen LogP contribution in [0.2, 0.25) is 0 Å². The van der Waals surface area contributed by atoms with E-state index in [1.807, 2.05) is 0 Å². The molecule has 2 amide bonds. The number of hydrogen-bond acceptors (Lipinski definition) is 4. The summed E-state index contributed by atoms with van der Waals surface area (Å²) in [4.78, 5) is 36.9. The molecule has 0 aromatic rings. The highest BCUT2D eigenvalue weighted by molar-refractivity contribution is 5.91. The SMILES string of the molecule is C=C/C=C\C(=C/C)N(C=C)C(=O)/C=C(\C)CC(C=O)NC(=O)OC(C)(C)C. The summed E-state index contributed by atoms with van der Waals surface area (Å²) in [7, 11) is 0. The fourth-order valence-corrected chi connectivity index (χ4v) is 2.08. The number of carbonyl (C=O) groups excluding carboxylic acids is 3. The van der Waals surface area contributed by atoms with Gasteiger partial charge in [0.15, 0.2) is 0 Å². The summed E-state index contributed by atoms with van der Waals surface area (Å²) >= 11 is 0. The third-order valence-electron chi connectivity index (χ3n) is 3.18. The van der Waals surface area contributed by atoms with Gasteiger partial charge in [0.25, 0.3) is 5.91 Å². The molecule has 6 nitrogen and oxygen atoms in total. The molecule has 0 fully saturated rings. The minimum atomic E-state index is -0.789. The number of nitrogens with zero attached hydrogens (tertiary/aromatic N) is 1. The molecule has 148 valence electrons. The molecule has 0 saturated heterocycles. The van der Waals surface area contributed by atoms with Crippen LogP contribution < -0.4 is 5.32 Å². The maximum Gasteiger partial charge on any atom is 0.408 e. The average molecular weight is 374 g/mol.